The summed E-state index contributed by atoms with van der Waals surface area (Å²) in [6, 6.07) is 9.14. The summed E-state index contributed by atoms with van der Waals surface area (Å²) in [5.41, 5.74) is 0.853. The summed E-state index contributed by atoms with van der Waals surface area (Å²) >= 11 is 0. The van der Waals surface area contributed by atoms with E-state index in [1.807, 2.05) is 30.3 Å². The first-order valence-electron chi connectivity index (χ1n) is 5.84. The summed E-state index contributed by atoms with van der Waals surface area (Å²) in [5, 5.41) is 0. The highest BCUT2D eigenvalue weighted by Gasteiger charge is 2.41. The standard InChI is InChI=1S/C12H15BF3/c14-13(15,16)12-9-5-4-8-11(12)10-6-2-1-3-7-10/h1-3,6-7,11-12H,4-5,8-9H2/q-1/t11-,12+/m0/s1. The van der Waals surface area contributed by atoms with E-state index in [4.69, 9.17) is 0 Å². The van der Waals surface area contributed by atoms with Crippen molar-refractivity contribution in [2.45, 2.75) is 37.4 Å². The van der Waals surface area contributed by atoms with Gasteiger partial charge >= 0.3 is 6.98 Å². The molecule has 0 N–H and O–H groups in total. The number of rotatable bonds is 2. The number of benzene rings is 1. The van der Waals surface area contributed by atoms with Crippen molar-refractivity contribution in [1.82, 2.24) is 0 Å². The monoisotopic (exact) mass is 227 g/mol. The van der Waals surface area contributed by atoms with Gasteiger partial charge < -0.3 is 12.9 Å². The average molecular weight is 227 g/mol. The van der Waals surface area contributed by atoms with Gasteiger partial charge in [-0.05, 0) is 17.9 Å². The van der Waals surface area contributed by atoms with E-state index >= 15 is 0 Å². The van der Waals surface area contributed by atoms with E-state index in [1.165, 1.54) is 0 Å². The molecule has 2 atom stereocenters. The van der Waals surface area contributed by atoms with Crippen molar-refractivity contribution in [3.63, 3.8) is 0 Å². The molecule has 0 amide bonds. The maximum Gasteiger partial charge on any atom is 0.481 e. The van der Waals surface area contributed by atoms with Gasteiger partial charge in [-0.25, -0.2) is 0 Å². The fraction of sp³-hybridized carbons (Fsp3) is 0.500. The Kier molecular flexibility index (Phi) is 3.26. The van der Waals surface area contributed by atoms with Gasteiger partial charge in [0.15, 0.2) is 0 Å². The molecule has 16 heavy (non-hydrogen) atoms. The van der Waals surface area contributed by atoms with Crippen LogP contribution in [0.5, 0.6) is 0 Å². The summed E-state index contributed by atoms with van der Waals surface area (Å²) in [5.74, 6) is -1.40. The number of halogens is 3. The summed E-state index contributed by atoms with van der Waals surface area (Å²) < 4.78 is 38.8. The summed E-state index contributed by atoms with van der Waals surface area (Å²) in [4.78, 5) is 0. The molecule has 0 bridgehead atoms. The van der Waals surface area contributed by atoms with Crippen LogP contribution in [0.1, 0.15) is 37.2 Å². The number of hydrogen-bond acceptors (Lipinski definition) is 0. The van der Waals surface area contributed by atoms with Gasteiger partial charge in [0.2, 0.25) is 0 Å². The molecule has 2 rings (SSSR count). The zero-order valence-electron chi connectivity index (χ0n) is 9.08. The molecule has 1 saturated carbocycles. The van der Waals surface area contributed by atoms with Crippen LogP contribution in [0.25, 0.3) is 0 Å². The van der Waals surface area contributed by atoms with Crippen LogP contribution in [0, 0.1) is 0 Å². The highest BCUT2D eigenvalue weighted by molar-refractivity contribution is 6.60. The largest absolute Gasteiger partial charge is 0.481 e. The summed E-state index contributed by atoms with van der Waals surface area (Å²) in [6.07, 6.45) is 2.62. The lowest BCUT2D eigenvalue weighted by Gasteiger charge is -2.38. The van der Waals surface area contributed by atoms with Crippen LogP contribution in [0.3, 0.4) is 0 Å². The Bertz CT molecular complexity index is 334. The average Bonchev–Trinajstić information content (AvgIpc) is 2.29. The molecule has 0 unspecified atom stereocenters. The zero-order valence-corrected chi connectivity index (χ0v) is 9.08. The minimum absolute atomic E-state index is 0.309. The summed E-state index contributed by atoms with van der Waals surface area (Å²) in [6.45, 7) is -4.71. The van der Waals surface area contributed by atoms with Crippen LogP contribution in [0.15, 0.2) is 30.3 Å². The fourth-order valence-corrected chi connectivity index (χ4v) is 2.73. The third-order valence-electron chi connectivity index (χ3n) is 3.53. The molecule has 1 aliphatic carbocycles. The molecule has 0 spiro atoms. The van der Waals surface area contributed by atoms with Gasteiger partial charge in [0.1, 0.15) is 0 Å². The van der Waals surface area contributed by atoms with Crippen LogP contribution in [0.2, 0.25) is 5.82 Å². The van der Waals surface area contributed by atoms with Crippen molar-refractivity contribution < 1.29 is 12.9 Å². The lowest BCUT2D eigenvalue weighted by atomic mass is 9.58. The summed E-state index contributed by atoms with van der Waals surface area (Å²) in [7, 11) is 0. The lowest BCUT2D eigenvalue weighted by molar-refractivity contribution is 0.344. The predicted molar refractivity (Wildman–Crippen MR) is 60.5 cm³/mol. The molecular formula is C12H15BF3-. The predicted octanol–water partition coefficient (Wildman–Crippen LogP) is 4.56. The van der Waals surface area contributed by atoms with Gasteiger partial charge in [-0.3, -0.25) is 0 Å². The molecule has 1 aromatic carbocycles. The van der Waals surface area contributed by atoms with E-state index < -0.39 is 12.8 Å². The number of hydrogen-bond donors (Lipinski definition) is 0. The highest BCUT2D eigenvalue weighted by atomic mass is 19.4. The third kappa shape index (κ3) is 2.42. The fourth-order valence-electron chi connectivity index (χ4n) is 2.73. The van der Waals surface area contributed by atoms with Crippen molar-refractivity contribution in [3.8, 4) is 0 Å². The van der Waals surface area contributed by atoms with Gasteiger partial charge in [-0.15, -0.1) is 0 Å². The van der Waals surface area contributed by atoms with E-state index in [9.17, 15) is 12.9 Å². The van der Waals surface area contributed by atoms with Crippen LogP contribution >= 0.6 is 0 Å². The molecule has 1 aromatic rings. The van der Waals surface area contributed by atoms with Crippen molar-refractivity contribution in [1.29, 1.82) is 0 Å². The molecule has 0 heterocycles. The van der Waals surface area contributed by atoms with Gasteiger partial charge in [-0.1, -0.05) is 55.4 Å². The normalized spacial score (nSPS) is 26.7. The molecule has 88 valence electrons. The van der Waals surface area contributed by atoms with Gasteiger partial charge in [0, 0.05) is 0 Å². The smallest absolute Gasteiger partial charge is 0.449 e. The second-order valence-corrected chi connectivity index (χ2v) is 4.59. The zero-order chi connectivity index (χ0) is 11.6. The van der Waals surface area contributed by atoms with Crippen molar-refractivity contribution in [3.05, 3.63) is 35.9 Å². The maximum absolute atomic E-state index is 12.9. The molecular weight excluding hydrogens is 212 g/mol. The van der Waals surface area contributed by atoms with Crippen LogP contribution < -0.4 is 0 Å². The van der Waals surface area contributed by atoms with Gasteiger partial charge in [-0.2, -0.15) is 0 Å². The molecule has 1 fully saturated rings. The molecule has 0 saturated heterocycles. The van der Waals surface area contributed by atoms with E-state index in [-0.39, 0.29) is 5.92 Å². The first-order chi connectivity index (χ1) is 7.59. The Morgan fingerprint density at radius 1 is 0.938 bits per heavy atom. The Morgan fingerprint density at radius 3 is 2.19 bits per heavy atom. The van der Waals surface area contributed by atoms with E-state index in [1.54, 1.807) is 0 Å². The van der Waals surface area contributed by atoms with Crippen LogP contribution in [-0.4, -0.2) is 6.98 Å². The van der Waals surface area contributed by atoms with E-state index in [0.29, 0.717) is 12.8 Å². The lowest BCUT2D eigenvalue weighted by Crippen LogP contribution is -2.31. The molecule has 0 nitrogen and oxygen atoms in total. The first-order valence-corrected chi connectivity index (χ1v) is 5.84. The molecule has 0 aromatic heterocycles. The highest BCUT2D eigenvalue weighted by Crippen LogP contribution is 2.48. The molecule has 0 aliphatic heterocycles. The maximum atomic E-state index is 12.9. The molecule has 1 aliphatic rings. The third-order valence-corrected chi connectivity index (χ3v) is 3.53. The molecule has 4 heteroatoms. The van der Waals surface area contributed by atoms with Crippen molar-refractivity contribution in [2.24, 2.45) is 0 Å². The van der Waals surface area contributed by atoms with Gasteiger partial charge in [0.25, 0.3) is 0 Å². The van der Waals surface area contributed by atoms with Crippen molar-refractivity contribution >= 4 is 6.98 Å². The SMILES string of the molecule is F[B-](F)(F)[C@@H]1CCCC[C@H]1c1ccccc1. The van der Waals surface area contributed by atoms with Crippen molar-refractivity contribution in [2.75, 3.05) is 0 Å². The quantitative estimate of drug-likeness (QED) is 0.649. The van der Waals surface area contributed by atoms with Crippen LogP contribution in [-0.2, 0) is 0 Å². The minimum Gasteiger partial charge on any atom is -0.449 e. The topological polar surface area (TPSA) is 0 Å². The minimum atomic E-state index is -4.71. The van der Waals surface area contributed by atoms with E-state index in [2.05, 4.69) is 0 Å². The van der Waals surface area contributed by atoms with Gasteiger partial charge in [0.05, 0.1) is 0 Å². The first kappa shape index (κ1) is 11.6. The Labute approximate surface area is 93.9 Å². The van der Waals surface area contributed by atoms with E-state index in [0.717, 1.165) is 18.4 Å². The van der Waals surface area contributed by atoms with Crippen LogP contribution in [0.4, 0.5) is 12.9 Å². The second kappa shape index (κ2) is 4.52. The Morgan fingerprint density at radius 2 is 1.56 bits per heavy atom. The second-order valence-electron chi connectivity index (χ2n) is 4.59. The Hall–Kier alpha value is -0.925. The Balaban J connectivity index is 2.24. The molecule has 0 radical (unpaired) electrons.